The molecule has 16 heavy (non-hydrogen) atoms. The van der Waals surface area contributed by atoms with Gasteiger partial charge in [-0.15, -0.1) is 0 Å². The van der Waals surface area contributed by atoms with Crippen LogP contribution in [0.4, 0.5) is 0 Å². The van der Waals surface area contributed by atoms with Gasteiger partial charge in [0, 0.05) is 13.5 Å². The molecule has 0 aromatic rings. The van der Waals surface area contributed by atoms with Crippen LogP contribution >= 0.6 is 0 Å². The van der Waals surface area contributed by atoms with Crippen LogP contribution in [0.15, 0.2) is 35.6 Å². The highest BCUT2D eigenvalue weighted by Gasteiger charge is 2.36. The molecule has 4 heteroatoms. The highest BCUT2D eigenvalue weighted by molar-refractivity contribution is 5.76. The number of rotatable bonds is 2. The first-order valence-electron chi connectivity index (χ1n) is 5.42. The summed E-state index contributed by atoms with van der Waals surface area (Å²) in [5.41, 5.74) is 5.03. The van der Waals surface area contributed by atoms with E-state index < -0.39 is 12.0 Å². The lowest BCUT2D eigenvalue weighted by Crippen LogP contribution is -2.42. The quantitative estimate of drug-likeness (QED) is 0.736. The van der Waals surface area contributed by atoms with E-state index >= 15 is 0 Å². The van der Waals surface area contributed by atoms with E-state index in [1.54, 1.807) is 12.1 Å². The van der Waals surface area contributed by atoms with Crippen molar-refractivity contribution >= 4 is 5.97 Å². The van der Waals surface area contributed by atoms with Crippen LogP contribution in [0, 0.1) is 5.92 Å². The van der Waals surface area contributed by atoms with Crippen molar-refractivity contribution in [3.63, 3.8) is 0 Å². The molecule has 1 saturated heterocycles. The Kier molecular flexibility index (Phi) is 2.83. The first kappa shape index (κ1) is 11.0. The monoisotopic (exact) mass is 220 g/mol. The minimum atomic E-state index is -0.791. The molecular formula is C12H16N2O2. The summed E-state index contributed by atoms with van der Waals surface area (Å²) in [5, 5.41) is 10.9. The van der Waals surface area contributed by atoms with Crippen molar-refractivity contribution < 1.29 is 9.90 Å². The van der Waals surface area contributed by atoms with Crippen LogP contribution in [0.5, 0.6) is 0 Å². The van der Waals surface area contributed by atoms with Gasteiger partial charge >= 0.3 is 5.97 Å². The molecule has 0 spiro atoms. The molecule has 2 rings (SSSR count). The van der Waals surface area contributed by atoms with Gasteiger partial charge in [0.1, 0.15) is 6.04 Å². The van der Waals surface area contributed by atoms with Crippen molar-refractivity contribution in [3.05, 3.63) is 35.6 Å². The summed E-state index contributed by atoms with van der Waals surface area (Å²) < 4.78 is 0. The normalized spacial score (nSPS) is 28.2. The summed E-state index contributed by atoms with van der Waals surface area (Å²) in [6, 6.07) is -0.499. The molecule has 2 unspecified atom stereocenters. The molecule has 1 heterocycles. The number of aliphatic carboxylic acids is 1. The smallest absolute Gasteiger partial charge is 0.328 e. The third-order valence-corrected chi connectivity index (χ3v) is 2.97. The summed E-state index contributed by atoms with van der Waals surface area (Å²) in [7, 11) is 1.75. The molecule has 2 aliphatic rings. The second-order valence-corrected chi connectivity index (χ2v) is 4.14. The molecular weight excluding hydrogens is 204 g/mol. The predicted octanol–water partition coefficient (Wildman–Crippen LogP) is 1.30. The van der Waals surface area contributed by atoms with Crippen molar-refractivity contribution in [3.8, 4) is 0 Å². The molecule has 0 saturated carbocycles. The van der Waals surface area contributed by atoms with Crippen molar-refractivity contribution in [2.24, 2.45) is 5.92 Å². The van der Waals surface area contributed by atoms with Gasteiger partial charge in [0.2, 0.25) is 0 Å². The first-order chi connectivity index (χ1) is 7.63. The number of hydrogen-bond donors (Lipinski definition) is 2. The molecule has 0 aromatic heterocycles. The Morgan fingerprint density at radius 3 is 3.00 bits per heavy atom. The van der Waals surface area contributed by atoms with Crippen LogP contribution in [0.3, 0.4) is 0 Å². The third kappa shape index (κ3) is 1.76. The predicted molar refractivity (Wildman–Crippen MR) is 61.4 cm³/mol. The molecule has 0 aromatic carbocycles. The van der Waals surface area contributed by atoms with Crippen molar-refractivity contribution in [2.45, 2.75) is 19.4 Å². The van der Waals surface area contributed by atoms with Gasteiger partial charge in [-0.2, -0.15) is 0 Å². The maximum atomic E-state index is 11.1. The summed E-state index contributed by atoms with van der Waals surface area (Å²) in [5.74, 6) is -0.434. The molecule has 0 radical (unpaired) electrons. The van der Waals surface area contributed by atoms with E-state index in [2.05, 4.69) is 24.5 Å². The van der Waals surface area contributed by atoms with Gasteiger partial charge in [-0.25, -0.2) is 10.2 Å². The van der Waals surface area contributed by atoms with Gasteiger partial charge in [0.15, 0.2) is 0 Å². The van der Waals surface area contributed by atoms with Gasteiger partial charge in [-0.3, -0.25) is 5.01 Å². The van der Waals surface area contributed by atoms with E-state index in [1.165, 1.54) is 0 Å². The standard InChI is InChI=1S/C12H16N2O2/c1-8-4-3-5-10-9(6-8)7-11(12(15)16)14(10)13-2/h3-6,8,11,13H,7H2,1-2H3,(H,15,16). The van der Waals surface area contributed by atoms with E-state index in [0.29, 0.717) is 12.3 Å². The lowest BCUT2D eigenvalue weighted by Gasteiger charge is -2.22. The summed E-state index contributed by atoms with van der Waals surface area (Å²) in [6.45, 7) is 2.10. The number of carboxylic acids is 1. The maximum Gasteiger partial charge on any atom is 0.328 e. The van der Waals surface area contributed by atoms with Gasteiger partial charge in [-0.05, 0) is 17.6 Å². The fourth-order valence-corrected chi connectivity index (χ4v) is 2.24. The highest BCUT2D eigenvalue weighted by Crippen LogP contribution is 2.33. The number of carbonyl (C=O) groups is 1. The summed E-state index contributed by atoms with van der Waals surface area (Å²) in [6.07, 6.45) is 8.74. The topological polar surface area (TPSA) is 52.6 Å². The largest absolute Gasteiger partial charge is 0.480 e. The fourth-order valence-electron chi connectivity index (χ4n) is 2.24. The molecule has 4 nitrogen and oxygen atoms in total. The van der Waals surface area contributed by atoms with Gasteiger partial charge in [0.05, 0.1) is 5.70 Å². The molecule has 1 aliphatic heterocycles. The van der Waals surface area contributed by atoms with Crippen molar-refractivity contribution in [2.75, 3.05) is 7.05 Å². The van der Waals surface area contributed by atoms with E-state index in [4.69, 9.17) is 5.11 Å². The Morgan fingerprint density at radius 2 is 2.38 bits per heavy atom. The minimum Gasteiger partial charge on any atom is -0.480 e. The van der Waals surface area contributed by atoms with E-state index in [-0.39, 0.29) is 0 Å². The summed E-state index contributed by atoms with van der Waals surface area (Å²) in [4.78, 5) is 11.1. The van der Waals surface area contributed by atoms with Crippen LogP contribution in [-0.4, -0.2) is 29.2 Å². The molecule has 2 N–H and O–H groups in total. The summed E-state index contributed by atoms with van der Waals surface area (Å²) >= 11 is 0. The lowest BCUT2D eigenvalue weighted by atomic mass is 10.1. The number of carboxylic acid groups (broad SMARTS) is 1. The van der Waals surface area contributed by atoms with E-state index in [0.717, 1.165) is 11.3 Å². The second-order valence-electron chi connectivity index (χ2n) is 4.14. The average Bonchev–Trinajstić information content (AvgIpc) is 2.46. The van der Waals surface area contributed by atoms with Gasteiger partial charge in [-0.1, -0.05) is 25.2 Å². The Hall–Kier alpha value is -1.55. The van der Waals surface area contributed by atoms with Crippen LogP contribution in [-0.2, 0) is 4.79 Å². The lowest BCUT2D eigenvalue weighted by molar-refractivity contribution is -0.142. The Balaban J connectivity index is 2.37. The van der Waals surface area contributed by atoms with E-state index in [9.17, 15) is 4.79 Å². The Bertz CT molecular complexity index is 396. The SMILES string of the molecule is CNN1C2=CC=CC(C)C=C2CC1C(=O)O. The molecule has 1 fully saturated rings. The second kappa shape index (κ2) is 4.14. The zero-order valence-corrected chi connectivity index (χ0v) is 9.47. The number of allylic oxidation sites excluding steroid dienone is 5. The zero-order chi connectivity index (χ0) is 11.7. The molecule has 1 aliphatic carbocycles. The van der Waals surface area contributed by atoms with Crippen molar-refractivity contribution in [1.29, 1.82) is 0 Å². The average molecular weight is 220 g/mol. The number of nitrogens with zero attached hydrogens (tertiary/aromatic N) is 1. The molecule has 0 bridgehead atoms. The van der Waals surface area contributed by atoms with Crippen molar-refractivity contribution in [1.82, 2.24) is 10.4 Å². The maximum absolute atomic E-state index is 11.1. The number of hydrogen-bond acceptors (Lipinski definition) is 3. The molecule has 2 atom stereocenters. The third-order valence-electron chi connectivity index (χ3n) is 2.97. The minimum absolute atomic E-state index is 0.356. The number of fused-ring (bicyclic) bond motifs is 1. The Morgan fingerprint density at radius 1 is 1.62 bits per heavy atom. The van der Waals surface area contributed by atoms with Crippen LogP contribution in [0.25, 0.3) is 0 Å². The Labute approximate surface area is 94.9 Å². The van der Waals surface area contributed by atoms with Gasteiger partial charge in [0.25, 0.3) is 0 Å². The molecule has 86 valence electrons. The first-order valence-corrected chi connectivity index (χ1v) is 5.42. The van der Waals surface area contributed by atoms with Gasteiger partial charge < -0.3 is 5.11 Å². The zero-order valence-electron chi connectivity index (χ0n) is 9.47. The highest BCUT2D eigenvalue weighted by atomic mass is 16.4. The van der Waals surface area contributed by atoms with Crippen LogP contribution in [0.1, 0.15) is 13.3 Å². The molecule has 0 amide bonds. The van der Waals surface area contributed by atoms with Crippen LogP contribution < -0.4 is 5.43 Å². The number of nitrogens with one attached hydrogen (secondary N) is 1. The van der Waals surface area contributed by atoms with E-state index in [1.807, 2.05) is 12.2 Å². The number of hydrazine groups is 1. The fraction of sp³-hybridized carbons (Fsp3) is 0.417. The van der Waals surface area contributed by atoms with Crippen LogP contribution in [0.2, 0.25) is 0 Å².